The molecule has 0 fully saturated rings. The Hall–Kier alpha value is -4.52. The Bertz CT molecular complexity index is 1310. The van der Waals surface area contributed by atoms with Crippen LogP contribution < -0.4 is 27.3 Å². The lowest BCUT2D eigenvalue weighted by Crippen LogP contribution is -2.22. The Labute approximate surface area is 199 Å². The maximum Gasteiger partial charge on any atom is 0.519 e. The van der Waals surface area contributed by atoms with E-state index in [2.05, 4.69) is 20.5 Å². The first-order chi connectivity index (χ1) is 16.6. The van der Waals surface area contributed by atoms with Crippen LogP contribution in [0.2, 0.25) is 0 Å². The van der Waals surface area contributed by atoms with Gasteiger partial charge in [0.05, 0.1) is 6.54 Å². The molecule has 13 heteroatoms. The number of azo groups is 1. The zero-order valence-corrected chi connectivity index (χ0v) is 19.2. The van der Waals surface area contributed by atoms with E-state index in [0.29, 0.717) is 0 Å². The molecule has 0 saturated carbocycles. The summed E-state index contributed by atoms with van der Waals surface area (Å²) in [5, 5.41) is 10.6. The molecule has 0 aliphatic carbocycles. The zero-order valence-electron chi connectivity index (χ0n) is 19.2. The Kier molecular flexibility index (Phi) is 7.61. The summed E-state index contributed by atoms with van der Waals surface area (Å²) in [6.07, 6.45) is -1.06. The number of hydrogen-bond donors (Lipinski definition) is 3. The van der Waals surface area contributed by atoms with Crippen molar-refractivity contribution < 1.29 is 27.9 Å². The van der Waals surface area contributed by atoms with Gasteiger partial charge in [0, 0.05) is 5.41 Å². The van der Waals surface area contributed by atoms with Gasteiger partial charge in [-0.3, -0.25) is 4.79 Å². The highest BCUT2D eigenvalue weighted by molar-refractivity contribution is 5.91. The number of carbonyl (C=O) groups is 2. The number of hydrogen-bond acceptors (Lipinski definition) is 12. The summed E-state index contributed by atoms with van der Waals surface area (Å²) in [4.78, 5) is 39.1. The van der Waals surface area contributed by atoms with Crippen LogP contribution in [0, 0.1) is 0 Å². The number of benzene rings is 1. The second-order valence-electron chi connectivity index (χ2n) is 8.12. The third-order valence-electron chi connectivity index (χ3n) is 4.33. The van der Waals surface area contributed by atoms with Crippen LogP contribution in [-0.2, 0) is 21.6 Å². The summed E-state index contributed by atoms with van der Waals surface area (Å²) in [6.45, 7) is 4.88. The first-order valence-electron chi connectivity index (χ1n) is 10.3. The monoisotopic (exact) mass is 484 g/mol. The lowest BCUT2D eigenvalue weighted by molar-refractivity contribution is -0.114. The van der Waals surface area contributed by atoms with Crippen LogP contribution in [0.5, 0.6) is 5.75 Å². The number of rotatable bonds is 7. The molecule has 35 heavy (non-hydrogen) atoms. The maximum absolute atomic E-state index is 12.2. The molecule has 0 aliphatic heterocycles. The fourth-order valence-corrected chi connectivity index (χ4v) is 2.77. The first kappa shape index (κ1) is 25.1. The number of nitrogens with zero attached hydrogens (tertiary/aromatic N) is 3. The molecule has 0 bridgehead atoms. The van der Waals surface area contributed by atoms with E-state index in [1.54, 1.807) is 18.2 Å². The minimum Gasteiger partial charge on any atom is -0.426 e. The quantitative estimate of drug-likeness (QED) is 0.253. The molecule has 0 spiro atoms. The Balaban J connectivity index is 1.69. The number of aromatic nitrogens is 1. The Morgan fingerprint density at radius 2 is 1.80 bits per heavy atom. The van der Waals surface area contributed by atoms with Crippen molar-refractivity contribution in [3.05, 3.63) is 58.5 Å². The number of nitrogens with one attached hydrogen (secondary N) is 1. The van der Waals surface area contributed by atoms with Gasteiger partial charge in [0.2, 0.25) is 5.91 Å². The van der Waals surface area contributed by atoms with Gasteiger partial charge in [0.25, 0.3) is 0 Å². The minimum atomic E-state index is -1.06. The van der Waals surface area contributed by atoms with Crippen molar-refractivity contribution in [1.82, 2.24) is 4.98 Å². The summed E-state index contributed by atoms with van der Waals surface area (Å²) in [7, 11) is 0. The Morgan fingerprint density at radius 3 is 2.49 bits per heavy atom. The fourth-order valence-electron chi connectivity index (χ4n) is 2.77. The molecule has 3 rings (SSSR count). The molecule has 1 aromatic carbocycles. The molecule has 1 amide bonds. The van der Waals surface area contributed by atoms with E-state index in [1.807, 2.05) is 20.8 Å². The molecular formula is C22H24N6O7. The molecule has 0 radical (unpaired) electrons. The molecule has 184 valence electrons. The number of ether oxygens (including phenoxy) is 2. The normalized spacial score (nSPS) is 11.4. The predicted octanol–water partition coefficient (Wildman–Crippen LogP) is 3.54. The number of nitrogen functional groups attached to an aromatic ring is 1. The third kappa shape index (κ3) is 6.74. The smallest absolute Gasteiger partial charge is 0.426 e. The van der Waals surface area contributed by atoms with E-state index in [1.165, 1.54) is 18.2 Å². The van der Waals surface area contributed by atoms with Gasteiger partial charge in [0.1, 0.15) is 17.2 Å². The summed E-state index contributed by atoms with van der Waals surface area (Å²) >= 11 is 0. The van der Waals surface area contributed by atoms with E-state index in [4.69, 9.17) is 29.8 Å². The molecule has 2 aromatic heterocycles. The van der Waals surface area contributed by atoms with Crippen LogP contribution in [0.1, 0.15) is 32.3 Å². The number of carbonyl (C=O) groups excluding carboxylic acids is 2. The average Bonchev–Trinajstić information content (AvgIpc) is 3.19. The number of amides is 1. The fraction of sp³-hybridized carbons (Fsp3) is 0.273. The average molecular weight is 484 g/mol. The second-order valence-corrected chi connectivity index (χ2v) is 8.12. The number of pyridine rings is 1. The zero-order chi connectivity index (χ0) is 25.6. The van der Waals surface area contributed by atoms with Gasteiger partial charge >= 0.3 is 12.0 Å². The van der Waals surface area contributed by atoms with Gasteiger partial charge in [-0.25, -0.2) is 14.6 Å². The number of para-hydroxylation sites is 1. The van der Waals surface area contributed by atoms with E-state index >= 15 is 0 Å². The van der Waals surface area contributed by atoms with Gasteiger partial charge in [-0.1, -0.05) is 32.9 Å². The highest BCUT2D eigenvalue weighted by Crippen LogP contribution is 2.31. The molecule has 5 N–H and O–H groups in total. The van der Waals surface area contributed by atoms with Crippen LogP contribution in [0.4, 0.5) is 27.8 Å². The molecule has 0 saturated heterocycles. The van der Waals surface area contributed by atoms with Crippen molar-refractivity contribution in [2.75, 3.05) is 17.6 Å². The standard InChI is InChI=1S/C22H24N6O7/c1-22(2,3)18-15(34-21(31)35-18)11-32-20(30)33-14-7-5-4-6-12(14)27-28-13-8-9-16(26-19(13)24)25-17(29)10-23/h4-9H,10-11,23H2,1-3H3,(H3,24,25,26,29)/b28-27+. The molecule has 3 aromatic rings. The minimum absolute atomic E-state index is 0.0117. The highest BCUT2D eigenvalue weighted by atomic mass is 16.7. The van der Waals surface area contributed by atoms with E-state index in [9.17, 15) is 14.4 Å². The van der Waals surface area contributed by atoms with Gasteiger partial charge < -0.3 is 35.1 Å². The third-order valence-corrected chi connectivity index (χ3v) is 4.33. The lowest BCUT2D eigenvalue weighted by atomic mass is 9.92. The van der Waals surface area contributed by atoms with Gasteiger partial charge in [-0.2, -0.15) is 0 Å². The molecule has 0 atom stereocenters. The van der Waals surface area contributed by atoms with E-state index in [-0.39, 0.29) is 53.4 Å². The van der Waals surface area contributed by atoms with Crippen LogP contribution >= 0.6 is 0 Å². The van der Waals surface area contributed by atoms with Gasteiger partial charge in [-0.15, -0.1) is 10.2 Å². The van der Waals surface area contributed by atoms with Crippen molar-refractivity contribution in [3.63, 3.8) is 0 Å². The van der Waals surface area contributed by atoms with E-state index < -0.39 is 23.3 Å². The van der Waals surface area contributed by atoms with Crippen molar-refractivity contribution in [3.8, 4) is 5.75 Å². The molecule has 0 aliphatic rings. The summed E-state index contributed by atoms with van der Waals surface area (Å²) in [5.41, 5.74) is 11.0. The van der Waals surface area contributed by atoms with E-state index in [0.717, 1.165) is 0 Å². The van der Waals surface area contributed by atoms with Crippen molar-refractivity contribution in [1.29, 1.82) is 0 Å². The summed E-state index contributed by atoms with van der Waals surface area (Å²) < 4.78 is 20.3. The van der Waals surface area contributed by atoms with Crippen LogP contribution in [0.3, 0.4) is 0 Å². The first-order valence-corrected chi connectivity index (χ1v) is 10.3. The van der Waals surface area contributed by atoms with Crippen molar-refractivity contribution >= 4 is 35.1 Å². The SMILES string of the molecule is CC(C)(C)c1oc(=O)oc1COC(=O)Oc1ccccc1/N=N/c1ccc(NC(=O)CN)nc1N. The van der Waals surface area contributed by atoms with Crippen LogP contribution in [0.25, 0.3) is 0 Å². The topological polar surface area (TPSA) is 198 Å². The largest absolute Gasteiger partial charge is 0.519 e. The summed E-state index contributed by atoms with van der Waals surface area (Å²) in [6, 6.07) is 9.31. The molecule has 0 unspecified atom stereocenters. The maximum atomic E-state index is 12.2. The number of anilines is 2. The summed E-state index contributed by atoms with van der Waals surface area (Å²) in [5.74, 6) is -0.677. The lowest BCUT2D eigenvalue weighted by Gasteiger charge is -2.14. The predicted molar refractivity (Wildman–Crippen MR) is 124 cm³/mol. The highest BCUT2D eigenvalue weighted by Gasteiger charge is 2.27. The molecule has 13 nitrogen and oxygen atoms in total. The molecular weight excluding hydrogens is 460 g/mol. The van der Waals surface area contributed by atoms with Crippen molar-refractivity contribution in [2.45, 2.75) is 32.8 Å². The number of nitrogens with two attached hydrogens (primary N) is 2. The van der Waals surface area contributed by atoms with Crippen molar-refractivity contribution in [2.24, 2.45) is 16.0 Å². The Morgan fingerprint density at radius 1 is 1.09 bits per heavy atom. The van der Waals surface area contributed by atoms with Gasteiger partial charge in [0.15, 0.2) is 29.7 Å². The van der Waals surface area contributed by atoms with Crippen LogP contribution in [0.15, 0.2) is 60.3 Å². The molecule has 2 heterocycles. The van der Waals surface area contributed by atoms with Crippen LogP contribution in [-0.4, -0.2) is 23.6 Å². The van der Waals surface area contributed by atoms with Gasteiger partial charge in [-0.05, 0) is 24.3 Å². The second kappa shape index (κ2) is 10.6.